The first kappa shape index (κ1) is 17.5. The van der Waals surface area contributed by atoms with Crippen LogP contribution in [0.1, 0.15) is 17.3 Å². The lowest BCUT2D eigenvalue weighted by Crippen LogP contribution is -2.29. The Bertz CT molecular complexity index is 986. The number of hydrogen-bond acceptors (Lipinski definition) is 7. The molecule has 142 valence electrons. The number of rotatable bonds is 4. The van der Waals surface area contributed by atoms with E-state index in [1.807, 2.05) is 43.0 Å². The Kier molecular flexibility index (Phi) is 4.35. The van der Waals surface area contributed by atoms with Gasteiger partial charge in [-0.2, -0.15) is 5.10 Å². The molecule has 0 radical (unpaired) electrons. The van der Waals surface area contributed by atoms with Gasteiger partial charge in [0, 0.05) is 56.1 Å². The van der Waals surface area contributed by atoms with Crippen molar-refractivity contribution in [2.45, 2.75) is 18.9 Å². The van der Waals surface area contributed by atoms with Crippen molar-refractivity contribution in [2.75, 3.05) is 32.2 Å². The van der Waals surface area contributed by atoms with Gasteiger partial charge in [-0.05, 0) is 13.0 Å². The van der Waals surface area contributed by atoms with Gasteiger partial charge in [0.1, 0.15) is 0 Å². The minimum absolute atomic E-state index is 0.0164. The van der Waals surface area contributed by atoms with E-state index in [9.17, 15) is 0 Å². The summed E-state index contributed by atoms with van der Waals surface area (Å²) in [5, 5.41) is 4.28. The van der Waals surface area contributed by atoms with Crippen molar-refractivity contribution in [2.24, 2.45) is 12.8 Å². The van der Waals surface area contributed by atoms with E-state index < -0.39 is 0 Å². The molecule has 0 spiro atoms. The number of hydrogen-bond donors (Lipinski definition) is 1. The van der Waals surface area contributed by atoms with Crippen LogP contribution in [0, 0.1) is 6.92 Å². The van der Waals surface area contributed by atoms with Crippen LogP contribution in [0.4, 0.5) is 5.82 Å². The predicted molar refractivity (Wildman–Crippen MR) is 104 cm³/mol. The molecule has 0 aliphatic carbocycles. The fraction of sp³-hybridized carbons (Fsp3) is 0.421. The molecule has 0 bridgehead atoms. The number of aromatic nitrogens is 4. The Morgan fingerprint density at radius 3 is 2.33 bits per heavy atom. The van der Waals surface area contributed by atoms with E-state index in [-0.39, 0.29) is 12.0 Å². The van der Waals surface area contributed by atoms with Crippen LogP contribution in [-0.4, -0.2) is 53.1 Å². The molecular formula is C19H24N6O2. The van der Waals surface area contributed by atoms with Crippen LogP contribution in [0.5, 0.6) is 11.5 Å². The number of fused-ring (bicyclic) bond motifs is 1. The van der Waals surface area contributed by atoms with Gasteiger partial charge in [-0.3, -0.25) is 4.68 Å². The zero-order valence-corrected chi connectivity index (χ0v) is 16.0. The fourth-order valence-electron chi connectivity index (χ4n) is 3.82. The number of anilines is 1. The summed E-state index contributed by atoms with van der Waals surface area (Å²) in [5.41, 5.74) is 10.0. The summed E-state index contributed by atoms with van der Waals surface area (Å²) in [6.07, 6.45) is 1.81. The molecular weight excluding hydrogens is 344 g/mol. The number of nitrogens with two attached hydrogens (primary N) is 1. The minimum atomic E-state index is 0.0164. The van der Waals surface area contributed by atoms with Crippen LogP contribution in [0.3, 0.4) is 0 Å². The standard InChI is InChI=1S/C19H24N6O2/c1-11-19(23-15-8-18(27-4)17(26-3)7-14(15)22-11)25-9-12(13(20)10-25)16-5-6-21-24(16)2/h5-8,12-13H,9-10,20H2,1-4H3/t12-,13-/m1/s1. The lowest BCUT2D eigenvalue weighted by molar-refractivity contribution is 0.355. The van der Waals surface area contributed by atoms with Crippen molar-refractivity contribution in [3.05, 3.63) is 35.8 Å². The average Bonchev–Trinajstić information content (AvgIpc) is 3.25. The van der Waals surface area contributed by atoms with Gasteiger partial charge in [0.2, 0.25) is 0 Å². The molecule has 0 saturated carbocycles. The maximum absolute atomic E-state index is 6.45. The van der Waals surface area contributed by atoms with Crippen molar-refractivity contribution in [3.8, 4) is 11.5 Å². The number of methoxy groups -OCH3 is 2. The fourth-order valence-corrected chi connectivity index (χ4v) is 3.82. The molecule has 3 aromatic rings. The Morgan fingerprint density at radius 2 is 1.74 bits per heavy atom. The van der Waals surface area contributed by atoms with Gasteiger partial charge in [-0.15, -0.1) is 0 Å². The first-order valence-corrected chi connectivity index (χ1v) is 8.90. The number of aryl methyl sites for hydroxylation is 2. The third-order valence-electron chi connectivity index (χ3n) is 5.22. The number of benzene rings is 1. The molecule has 1 aliphatic rings. The first-order valence-electron chi connectivity index (χ1n) is 8.90. The normalized spacial score (nSPS) is 19.7. The number of ether oxygens (including phenoxy) is 2. The molecule has 2 atom stereocenters. The van der Waals surface area contributed by atoms with Crippen molar-refractivity contribution in [1.82, 2.24) is 19.7 Å². The SMILES string of the molecule is COc1cc2nc(C)c(N3C[C@@H](N)[C@H](c4ccnn4C)C3)nc2cc1OC. The van der Waals surface area contributed by atoms with Gasteiger partial charge in [0.05, 0.1) is 30.9 Å². The van der Waals surface area contributed by atoms with Gasteiger partial charge in [0.25, 0.3) is 0 Å². The zero-order valence-electron chi connectivity index (χ0n) is 16.0. The molecule has 27 heavy (non-hydrogen) atoms. The maximum atomic E-state index is 6.45. The highest BCUT2D eigenvalue weighted by Crippen LogP contribution is 2.34. The van der Waals surface area contributed by atoms with Crippen LogP contribution in [-0.2, 0) is 7.05 Å². The van der Waals surface area contributed by atoms with Crippen molar-refractivity contribution >= 4 is 16.9 Å². The summed E-state index contributed by atoms with van der Waals surface area (Å²) in [7, 11) is 5.18. The third-order valence-corrected chi connectivity index (χ3v) is 5.22. The molecule has 0 amide bonds. The topological polar surface area (TPSA) is 91.3 Å². The summed E-state index contributed by atoms with van der Waals surface area (Å²) in [6.45, 7) is 3.49. The first-order chi connectivity index (χ1) is 13.0. The van der Waals surface area contributed by atoms with E-state index in [0.717, 1.165) is 41.3 Å². The summed E-state index contributed by atoms with van der Waals surface area (Å²) in [5.74, 6) is 2.35. The average molecular weight is 368 g/mol. The monoisotopic (exact) mass is 368 g/mol. The van der Waals surface area contributed by atoms with Gasteiger partial charge < -0.3 is 20.1 Å². The Morgan fingerprint density at radius 1 is 1.07 bits per heavy atom. The highest BCUT2D eigenvalue weighted by Gasteiger charge is 2.34. The Hall–Kier alpha value is -2.87. The lowest BCUT2D eigenvalue weighted by Gasteiger charge is -2.20. The second-order valence-electron chi connectivity index (χ2n) is 6.88. The van der Waals surface area contributed by atoms with E-state index in [0.29, 0.717) is 11.5 Å². The van der Waals surface area contributed by atoms with Crippen molar-refractivity contribution < 1.29 is 9.47 Å². The van der Waals surface area contributed by atoms with Gasteiger partial charge in [0.15, 0.2) is 17.3 Å². The molecule has 1 aromatic carbocycles. The quantitative estimate of drug-likeness (QED) is 0.748. The second-order valence-corrected chi connectivity index (χ2v) is 6.88. The van der Waals surface area contributed by atoms with Gasteiger partial charge in [-0.25, -0.2) is 9.97 Å². The summed E-state index contributed by atoms with van der Waals surface area (Å²) in [4.78, 5) is 11.8. The maximum Gasteiger partial charge on any atom is 0.163 e. The van der Waals surface area contributed by atoms with Gasteiger partial charge in [-0.1, -0.05) is 0 Å². The highest BCUT2D eigenvalue weighted by molar-refractivity contribution is 5.81. The summed E-state index contributed by atoms with van der Waals surface area (Å²) >= 11 is 0. The highest BCUT2D eigenvalue weighted by atomic mass is 16.5. The van der Waals surface area contributed by atoms with E-state index >= 15 is 0 Å². The smallest absolute Gasteiger partial charge is 0.163 e. The molecule has 2 N–H and O–H groups in total. The number of nitrogens with zero attached hydrogens (tertiary/aromatic N) is 5. The Labute approximate surface area is 157 Å². The summed E-state index contributed by atoms with van der Waals surface area (Å²) in [6, 6.07) is 5.76. The van der Waals surface area contributed by atoms with Crippen molar-refractivity contribution in [1.29, 1.82) is 0 Å². The molecule has 0 unspecified atom stereocenters. The van der Waals surface area contributed by atoms with E-state index in [4.69, 9.17) is 25.2 Å². The largest absolute Gasteiger partial charge is 0.493 e. The Balaban J connectivity index is 1.71. The van der Waals surface area contributed by atoms with E-state index in [2.05, 4.69) is 10.00 Å². The van der Waals surface area contributed by atoms with Crippen LogP contribution in [0.25, 0.3) is 11.0 Å². The van der Waals surface area contributed by atoms with Crippen LogP contribution >= 0.6 is 0 Å². The molecule has 1 saturated heterocycles. The van der Waals surface area contributed by atoms with Crippen molar-refractivity contribution in [3.63, 3.8) is 0 Å². The molecule has 1 fully saturated rings. The van der Waals surface area contributed by atoms with Crippen LogP contribution < -0.4 is 20.1 Å². The summed E-state index contributed by atoms with van der Waals surface area (Å²) < 4.78 is 12.7. The second kappa shape index (κ2) is 6.70. The molecule has 2 aromatic heterocycles. The zero-order chi connectivity index (χ0) is 19.1. The molecule has 8 heteroatoms. The van der Waals surface area contributed by atoms with Crippen LogP contribution in [0.2, 0.25) is 0 Å². The third kappa shape index (κ3) is 2.95. The molecule has 1 aliphatic heterocycles. The molecule has 3 heterocycles. The van der Waals surface area contributed by atoms with Crippen LogP contribution in [0.15, 0.2) is 24.4 Å². The van der Waals surface area contributed by atoms with Gasteiger partial charge >= 0.3 is 0 Å². The lowest BCUT2D eigenvalue weighted by atomic mass is 10.0. The van der Waals surface area contributed by atoms with E-state index in [1.165, 1.54) is 0 Å². The van der Waals surface area contributed by atoms with E-state index in [1.54, 1.807) is 14.2 Å². The molecule has 8 nitrogen and oxygen atoms in total. The predicted octanol–water partition coefficient (Wildman–Crippen LogP) is 1.62. The minimum Gasteiger partial charge on any atom is -0.493 e. The molecule has 4 rings (SSSR count).